The standard InChI is InChI=1S/C13H13F3OS/c1-3-5-6-9(4-2)11-7-10(8-17)18-12(11)13(14,15)16/h3-7,17H,2,8H2,1H3/b5-3-,9-6+. The van der Waals surface area contributed by atoms with E-state index in [1.54, 1.807) is 25.2 Å². The van der Waals surface area contributed by atoms with E-state index in [4.69, 9.17) is 5.11 Å². The Hall–Kier alpha value is -1.33. The van der Waals surface area contributed by atoms with Crippen LogP contribution < -0.4 is 0 Å². The number of alkyl halides is 3. The minimum Gasteiger partial charge on any atom is -0.391 e. The van der Waals surface area contributed by atoms with Gasteiger partial charge in [0.2, 0.25) is 0 Å². The molecule has 0 radical (unpaired) electrons. The first-order valence-electron chi connectivity index (χ1n) is 5.20. The largest absolute Gasteiger partial charge is 0.426 e. The number of hydrogen-bond donors (Lipinski definition) is 1. The molecule has 0 bridgehead atoms. The van der Waals surface area contributed by atoms with E-state index >= 15 is 0 Å². The molecule has 0 aliphatic rings. The first-order valence-corrected chi connectivity index (χ1v) is 6.02. The van der Waals surface area contributed by atoms with E-state index in [-0.39, 0.29) is 10.4 Å². The predicted molar refractivity (Wildman–Crippen MR) is 68.2 cm³/mol. The van der Waals surface area contributed by atoms with Gasteiger partial charge in [0.05, 0.1) is 6.61 Å². The van der Waals surface area contributed by atoms with E-state index < -0.39 is 17.7 Å². The average Bonchev–Trinajstić information content (AvgIpc) is 2.74. The van der Waals surface area contributed by atoms with Crippen molar-refractivity contribution >= 4 is 16.9 Å². The van der Waals surface area contributed by atoms with Crippen LogP contribution in [0.25, 0.3) is 5.57 Å². The van der Waals surface area contributed by atoms with E-state index in [0.717, 1.165) is 0 Å². The second-order valence-electron chi connectivity index (χ2n) is 3.46. The lowest BCUT2D eigenvalue weighted by atomic mass is 10.1. The first-order chi connectivity index (χ1) is 8.43. The number of aliphatic hydroxyl groups excluding tert-OH is 1. The molecule has 1 N–H and O–H groups in total. The minimum absolute atomic E-state index is 0.0599. The number of hydrogen-bond acceptors (Lipinski definition) is 2. The van der Waals surface area contributed by atoms with E-state index in [0.29, 0.717) is 16.9 Å². The van der Waals surface area contributed by atoms with Crippen LogP contribution in [-0.4, -0.2) is 5.11 Å². The molecule has 0 atom stereocenters. The molecule has 0 aliphatic carbocycles. The maximum Gasteiger partial charge on any atom is 0.426 e. The van der Waals surface area contributed by atoms with Crippen molar-refractivity contribution in [1.82, 2.24) is 0 Å². The van der Waals surface area contributed by atoms with Crippen molar-refractivity contribution in [2.75, 3.05) is 0 Å². The van der Waals surface area contributed by atoms with Crippen LogP contribution >= 0.6 is 11.3 Å². The van der Waals surface area contributed by atoms with Gasteiger partial charge in [0.1, 0.15) is 4.88 Å². The fourth-order valence-corrected chi connectivity index (χ4v) is 2.32. The normalized spacial score (nSPS) is 13.3. The fraction of sp³-hybridized carbons (Fsp3) is 0.231. The molecular formula is C13H13F3OS. The Bertz CT molecular complexity index is 481. The van der Waals surface area contributed by atoms with Crippen molar-refractivity contribution in [1.29, 1.82) is 0 Å². The zero-order valence-corrected chi connectivity index (χ0v) is 10.6. The van der Waals surface area contributed by atoms with Crippen LogP contribution in [0.4, 0.5) is 13.2 Å². The molecule has 0 aromatic carbocycles. The van der Waals surface area contributed by atoms with Crippen molar-refractivity contribution in [2.24, 2.45) is 0 Å². The Morgan fingerprint density at radius 2 is 2.17 bits per heavy atom. The first kappa shape index (κ1) is 14.7. The summed E-state index contributed by atoms with van der Waals surface area (Å²) in [5.41, 5.74) is 0.445. The highest BCUT2D eigenvalue weighted by molar-refractivity contribution is 7.12. The molecule has 5 heteroatoms. The van der Waals surface area contributed by atoms with Gasteiger partial charge in [0.25, 0.3) is 0 Å². The Morgan fingerprint density at radius 1 is 1.50 bits per heavy atom. The summed E-state index contributed by atoms with van der Waals surface area (Å²) in [5, 5.41) is 8.96. The highest BCUT2D eigenvalue weighted by atomic mass is 32.1. The third-order valence-electron chi connectivity index (χ3n) is 2.20. The Balaban J connectivity index is 3.37. The highest BCUT2D eigenvalue weighted by Gasteiger charge is 2.36. The van der Waals surface area contributed by atoms with Gasteiger partial charge in [0, 0.05) is 10.4 Å². The summed E-state index contributed by atoms with van der Waals surface area (Å²) in [6.07, 6.45) is 1.87. The smallest absolute Gasteiger partial charge is 0.391 e. The molecule has 0 aliphatic heterocycles. The summed E-state index contributed by atoms with van der Waals surface area (Å²) < 4.78 is 38.6. The lowest BCUT2D eigenvalue weighted by molar-refractivity contribution is -0.134. The molecule has 0 saturated heterocycles. The summed E-state index contributed by atoms with van der Waals surface area (Å²) in [6, 6.07) is 1.35. The molecule has 0 amide bonds. The minimum atomic E-state index is -4.43. The SMILES string of the molecule is C=C/C(=C\C=C/C)c1cc(CO)sc1C(F)(F)F. The van der Waals surface area contributed by atoms with Crippen molar-refractivity contribution in [2.45, 2.75) is 19.7 Å². The summed E-state index contributed by atoms with van der Waals surface area (Å²) >= 11 is 0.556. The molecule has 0 saturated carbocycles. The zero-order chi connectivity index (χ0) is 13.8. The van der Waals surface area contributed by atoms with Crippen molar-refractivity contribution in [3.63, 3.8) is 0 Å². The van der Waals surface area contributed by atoms with Gasteiger partial charge in [-0.3, -0.25) is 0 Å². The van der Waals surface area contributed by atoms with Gasteiger partial charge < -0.3 is 5.11 Å². The third-order valence-corrected chi connectivity index (χ3v) is 3.36. The van der Waals surface area contributed by atoms with E-state index in [1.807, 2.05) is 0 Å². The lowest BCUT2D eigenvalue weighted by Gasteiger charge is -2.07. The quantitative estimate of drug-likeness (QED) is 0.807. The Labute approximate surface area is 108 Å². The summed E-state index contributed by atoms with van der Waals surface area (Å²) in [4.78, 5) is -0.423. The molecule has 1 aromatic heterocycles. The van der Waals surface area contributed by atoms with Crippen LogP contribution in [0.1, 0.15) is 22.2 Å². The van der Waals surface area contributed by atoms with Crippen LogP contribution in [0.2, 0.25) is 0 Å². The predicted octanol–water partition coefficient (Wildman–Crippen LogP) is 4.40. The highest BCUT2D eigenvalue weighted by Crippen LogP contribution is 2.41. The molecular weight excluding hydrogens is 261 g/mol. The number of thiophene rings is 1. The van der Waals surface area contributed by atoms with Crippen molar-refractivity contribution < 1.29 is 18.3 Å². The van der Waals surface area contributed by atoms with Crippen LogP contribution in [-0.2, 0) is 12.8 Å². The third kappa shape index (κ3) is 3.34. The van der Waals surface area contributed by atoms with Gasteiger partial charge in [-0.05, 0) is 18.6 Å². The molecule has 1 rings (SSSR count). The molecule has 0 spiro atoms. The van der Waals surface area contributed by atoms with Crippen LogP contribution in [0, 0.1) is 0 Å². The Morgan fingerprint density at radius 3 is 2.61 bits per heavy atom. The van der Waals surface area contributed by atoms with Crippen molar-refractivity contribution in [3.05, 3.63) is 52.3 Å². The summed E-state index contributed by atoms with van der Waals surface area (Å²) in [6.45, 7) is 4.89. The maximum absolute atomic E-state index is 12.9. The molecule has 0 fully saturated rings. The van der Waals surface area contributed by atoms with E-state index in [2.05, 4.69) is 6.58 Å². The van der Waals surface area contributed by atoms with Gasteiger partial charge in [-0.25, -0.2) is 0 Å². The van der Waals surface area contributed by atoms with Crippen molar-refractivity contribution in [3.8, 4) is 0 Å². The van der Waals surface area contributed by atoms with Crippen LogP contribution in [0.15, 0.2) is 36.9 Å². The van der Waals surface area contributed by atoms with Crippen LogP contribution in [0.5, 0.6) is 0 Å². The fourth-order valence-electron chi connectivity index (χ4n) is 1.41. The topological polar surface area (TPSA) is 20.2 Å². The van der Waals surface area contributed by atoms with E-state index in [1.165, 1.54) is 12.1 Å². The lowest BCUT2D eigenvalue weighted by Crippen LogP contribution is -2.04. The van der Waals surface area contributed by atoms with Gasteiger partial charge >= 0.3 is 6.18 Å². The molecule has 18 heavy (non-hydrogen) atoms. The van der Waals surface area contributed by atoms with Gasteiger partial charge in [-0.1, -0.05) is 30.9 Å². The summed E-state index contributed by atoms with van der Waals surface area (Å²) in [5.74, 6) is 0. The number of rotatable bonds is 4. The molecule has 98 valence electrons. The average molecular weight is 274 g/mol. The molecule has 0 unspecified atom stereocenters. The molecule has 1 heterocycles. The van der Waals surface area contributed by atoms with E-state index in [9.17, 15) is 13.2 Å². The second-order valence-corrected chi connectivity index (χ2v) is 4.60. The van der Waals surface area contributed by atoms with Crippen LogP contribution in [0.3, 0.4) is 0 Å². The number of aliphatic hydroxyl groups is 1. The second kappa shape index (κ2) is 6.02. The maximum atomic E-state index is 12.9. The van der Waals surface area contributed by atoms with Gasteiger partial charge in [-0.2, -0.15) is 13.2 Å². The number of allylic oxidation sites excluding steroid dienone is 5. The Kier molecular flexibility index (Phi) is 4.93. The molecule has 1 nitrogen and oxygen atoms in total. The molecule has 1 aromatic rings. The number of halogens is 3. The zero-order valence-electron chi connectivity index (χ0n) is 9.79. The monoisotopic (exact) mass is 274 g/mol. The summed E-state index contributed by atoms with van der Waals surface area (Å²) in [7, 11) is 0. The van der Waals surface area contributed by atoms with Gasteiger partial charge in [0.15, 0.2) is 0 Å². The van der Waals surface area contributed by atoms with Gasteiger partial charge in [-0.15, -0.1) is 11.3 Å².